The largest absolute Gasteiger partial charge is 0.274 e. The van der Waals surface area contributed by atoms with Crippen LogP contribution in [0.25, 0.3) is 11.0 Å². The number of rotatable bonds is 1. The molecular formula is C19H15ClF2N4. The number of fused-ring (bicyclic) bond motifs is 2. The summed E-state index contributed by atoms with van der Waals surface area (Å²) in [5, 5.41) is 8.50. The summed E-state index contributed by atoms with van der Waals surface area (Å²) in [5.74, 6) is -1.69. The average Bonchev–Trinajstić information content (AvgIpc) is 2.61. The zero-order chi connectivity index (χ0) is 18.6. The Hall–Kier alpha value is -2.47. The van der Waals surface area contributed by atoms with E-state index in [0.29, 0.717) is 10.7 Å². The van der Waals surface area contributed by atoms with Gasteiger partial charge in [-0.25, -0.2) is 13.8 Å². The normalized spacial score (nSPS) is 18.5. The molecule has 1 aromatic heterocycles. The Morgan fingerprint density at radius 1 is 1.08 bits per heavy atom. The first-order valence-corrected chi connectivity index (χ1v) is 8.55. The molecule has 1 aliphatic heterocycles. The number of hydrogen-bond acceptors (Lipinski definition) is 4. The van der Waals surface area contributed by atoms with Gasteiger partial charge < -0.3 is 0 Å². The molecule has 0 bridgehead atoms. The Morgan fingerprint density at radius 2 is 1.85 bits per heavy atom. The van der Waals surface area contributed by atoms with Gasteiger partial charge in [0.2, 0.25) is 5.82 Å². The predicted molar refractivity (Wildman–Crippen MR) is 96.8 cm³/mol. The summed E-state index contributed by atoms with van der Waals surface area (Å²) in [6.45, 7) is 6.09. The Balaban J connectivity index is 1.97. The van der Waals surface area contributed by atoms with Crippen molar-refractivity contribution in [2.45, 2.75) is 32.2 Å². The van der Waals surface area contributed by atoms with Crippen LogP contribution in [0, 0.1) is 11.6 Å². The molecule has 0 saturated carbocycles. The van der Waals surface area contributed by atoms with Crippen molar-refractivity contribution in [1.29, 1.82) is 0 Å². The molecule has 7 heteroatoms. The first kappa shape index (κ1) is 17.0. The molecule has 1 aliphatic rings. The van der Waals surface area contributed by atoms with Crippen LogP contribution >= 0.6 is 11.6 Å². The molecular weight excluding hydrogens is 358 g/mol. The topological polar surface area (TPSA) is 51.0 Å². The van der Waals surface area contributed by atoms with Crippen LogP contribution in [0.15, 0.2) is 35.3 Å². The van der Waals surface area contributed by atoms with Gasteiger partial charge in [-0.05, 0) is 37.6 Å². The fraction of sp³-hybridized carbons (Fsp3) is 0.263. The number of benzene rings is 2. The highest BCUT2D eigenvalue weighted by Gasteiger charge is 2.36. The maximum Gasteiger partial charge on any atom is 0.201 e. The van der Waals surface area contributed by atoms with Gasteiger partial charge in [0.1, 0.15) is 5.71 Å². The van der Waals surface area contributed by atoms with Crippen molar-refractivity contribution in [3.8, 4) is 0 Å². The SMILES string of the molecule is CC1c2c(Cl)cccc2C(c2nnc3c(F)c(F)ccc3n2)=NC1(C)C. The Morgan fingerprint density at radius 3 is 2.62 bits per heavy atom. The zero-order valence-electron chi connectivity index (χ0n) is 14.4. The van der Waals surface area contributed by atoms with Crippen molar-refractivity contribution in [1.82, 2.24) is 15.2 Å². The van der Waals surface area contributed by atoms with Gasteiger partial charge in [0.05, 0.1) is 11.1 Å². The van der Waals surface area contributed by atoms with E-state index in [0.717, 1.165) is 17.2 Å². The van der Waals surface area contributed by atoms with E-state index in [4.69, 9.17) is 16.6 Å². The van der Waals surface area contributed by atoms with Crippen LogP contribution in [0.2, 0.25) is 5.02 Å². The van der Waals surface area contributed by atoms with E-state index < -0.39 is 17.2 Å². The first-order chi connectivity index (χ1) is 12.3. The molecule has 0 N–H and O–H groups in total. The quantitative estimate of drug-likeness (QED) is 0.622. The monoisotopic (exact) mass is 372 g/mol. The third-order valence-electron chi connectivity index (χ3n) is 4.93. The van der Waals surface area contributed by atoms with Gasteiger partial charge in [0.15, 0.2) is 17.2 Å². The number of aromatic nitrogens is 3. The predicted octanol–water partition coefficient (Wildman–Crippen LogP) is 4.69. The standard InChI is InChI=1S/C19H15ClF2N4/c1-9-14-10(5-4-6-11(14)20)16(24-19(9,2)3)18-23-13-8-7-12(21)15(22)17(13)25-26-18/h4-9H,1-3H3. The lowest BCUT2D eigenvalue weighted by molar-refractivity contribution is 0.432. The van der Waals surface area contributed by atoms with Crippen LogP contribution in [0.3, 0.4) is 0 Å². The molecule has 0 radical (unpaired) electrons. The van der Waals surface area contributed by atoms with E-state index in [1.165, 1.54) is 6.07 Å². The highest BCUT2D eigenvalue weighted by atomic mass is 35.5. The second kappa shape index (κ2) is 5.77. The fourth-order valence-electron chi connectivity index (χ4n) is 3.20. The summed E-state index contributed by atoms with van der Waals surface area (Å²) in [6.07, 6.45) is 0. The van der Waals surface area contributed by atoms with Gasteiger partial charge in [-0.3, -0.25) is 4.99 Å². The molecule has 1 unspecified atom stereocenters. The van der Waals surface area contributed by atoms with Crippen LogP contribution in [-0.4, -0.2) is 26.4 Å². The average molecular weight is 373 g/mol. The molecule has 2 aromatic carbocycles. The minimum Gasteiger partial charge on any atom is -0.274 e. The molecule has 0 fully saturated rings. The molecule has 1 atom stereocenters. The molecule has 26 heavy (non-hydrogen) atoms. The van der Waals surface area contributed by atoms with Gasteiger partial charge in [-0.2, -0.15) is 0 Å². The van der Waals surface area contributed by atoms with Crippen molar-refractivity contribution >= 4 is 28.3 Å². The van der Waals surface area contributed by atoms with E-state index >= 15 is 0 Å². The molecule has 3 aromatic rings. The maximum absolute atomic E-state index is 13.9. The fourth-order valence-corrected chi connectivity index (χ4v) is 3.54. The van der Waals surface area contributed by atoms with E-state index in [9.17, 15) is 8.78 Å². The molecule has 0 spiro atoms. The molecule has 2 heterocycles. The summed E-state index contributed by atoms with van der Waals surface area (Å²) in [5.41, 5.74) is 1.93. The molecule has 4 nitrogen and oxygen atoms in total. The van der Waals surface area contributed by atoms with Crippen molar-refractivity contribution in [2.24, 2.45) is 4.99 Å². The van der Waals surface area contributed by atoms with Crippen LogP contribution in [0.5, 0.6) is 0 Å². The first-order valence-electron chi connectivity index (χ1n) is 8.17. The maximum atomic E-state index is 13.9. The van der Waals surface area contributed by atoms with Gasteiger partial charge in [0, 0.05) is 16.5 Å². The number of aliphatic imine (C=N–C) groups is 1. The number of nitrogens with zero attached hydrogens (tertiary/aromatic N) is 4. The summed E-state index contributed by atoms with van der Waals surface area (Å²) < 4.78 is 27.3. The third-order valence-corrected chi connectivity index (χ3v) is 5.26. The van der Waals surface area contributed by atoms with Crippen LogP contribution in [-0.2, 0) is 0 Å². The molecule has 0 amide bonds. The van der Waals surface area contributed by atoms with E-state index in [1.807, 2.05) is 32.0 Å². The van der Waals surface area contributed by atoms with E-state index in [2.05, 4.69) is 22.1 Å². The summed E-state index contributed by atoms with van der Waals surface area (Å²) >= 11 is 6.45. The third kappa shape index (κ3) is 2.48. The summed E-state index contributed by atoms with van der Waals surface area (Å²) in [4.78, 5) is 9.19. The summed E-state index contributed by atoms with van der Waals surface area (Å²) in [7, 11) is 0. The van der Waals surface area contributed by atoms with Crippen molar-refractivity contribution in [2.75, 3.05) is 0 Å². The lowest BCUT2D eigenvalue weighted by Crippen LogP contribution is -2.34. The van der Waals surface area contributed by atoms with Crippen molar-refractivity contribution < 1.29 is 8.78 Å². The minimum absolute atomic E-state index is 0.0925. The second-order valence-corrected chi connectivity index (χ2v) is 7.31. The molecule has 4 rings (SSSR count). The lowest BCUT2D eigenvalue weighted by Gasteiger charge is -2.35. The zero-order valence-corrected chi connectivity index (χ0v) is 15.1. The smallest absolute Gasteiger partial charge is 0.201 e. The Labute approximate surface area is 154 Å². The van der Waals surface area contributed by atoms with Crippen molar-refractivity contribution in [3.05, 3.63) is 63.9 Å². The number of halogens is 3. The minimum atomic E-state index is -1.06. The molecule has 132 valence electrons. The van der Waals surface area contributed by atoms with E-state index in [-0.39, 0.29) is 22.8 Å². The summed E-state index contributed by atoms with van der Waals surface area (Å²) in [6, 6.07) is 7.99. The number of hydrogen-bond donors (Lipinski definition) is 0. The lowest BCUT2D eigenvalue weighted by atomic mass is 9.77. The highest BCUT2D eigenvalue weighted by molar-refractivity contribution is 6.32. The van der Waals surface area contributed by atoms with Gasteiger partial charge in [0.25, 0.3) is 0 Å². The van der Waals surface area contributed by atoms with Crippen molar-refractivity contribution in [3.63, 3.8) is 0 Å². The Kier molecular flexibility index (Phi) is 3.77. The Bertz CT molecular complexity index is 1080. The van der Waals surface area contributed by atoms with E-state index in [1.54, 1.807) is 0 Å². The molecule has 0 saturated heterocycles. The van der Waals surface area contributed by atoms with Gasteiger partial charge >= 0.3 is 0 Å². The van der Waals surface area contributed by atoms with Crippen LogP contribution < -0.4 is 0 Å². The van der Waals surface area contributed by atoms with Gasteiger partial charge in [-0.15, -0.1) is 10.2 Å². The van der Waals surface area contributed by atoms with Crippen LogP contribution in [0.1, 0.15) is 43.6 Å². The second-order valence-electron chi connectivity index (χ2n) is 6.90. The van der Waals surface area contributed by atoms with Crippen LogP contribution in [0.4, 0.5) is 8.78 Å². The highest BCUT2D eigenvalue weighted by Crippen LogP contribution is 2.41. The molecule has 0 aliphatic carbocycles. The van der Waals surface area contributed by atoms with Gasteiger partial charge in [-0.1, -0.05) is 30.7 Å².